The van der Waals surface area contributed by atoms with E-state index in [9.17, 15) is 19.7 Å². The van der Waals surface area contributed by atoms with Crippen molar-refractivity contribution in [1.29, 1.82) is 0 Å². The van der Waals surface area contributed by atoms with Crippen molar-refractivity contribution < 1.29 is 19.6 Å². The van der Waals surface area contributed by atoms with Crippen molar-refractivity contribution in [1.82, 2.24) is 5.32 Å². The molecule has 21 heavy (non-hydrogen) atoms. The van der Waals surface area contributed by atoms with Crippen LogP contribution in [0.25, 0.3) is 0 Å². The molecule has 112 valence electrons. The van der Waals surface area contributed by atoms with Crippen LogP contribution in [-0.2, 0) is 4.79 Å². The molecular weight excluding hydrogens is 346 g/mol. The molecule has 3 N–H and O–H groups in total. The number of amides is 2. The van der Waals surface area contributed by atoms with Gasteiger partial charge >= 0.3 is 12.0 Å². The molecule has 0 aliphatic heterocycles. The molecule has 1 unspecified atom stereocenters. The third-order valence-corrected chi connectivity index (χ3v) is 3.71. The number of aliphatic carboxylic acids is 1. The first-order valence-corrected chi connectivity index (χ1v) is 6.92. The second kappa shape index (κ2) is 6.08. The standard InChI is InChI=1S/C12H12BrN3O5/c13-8-5-7(16(20)21)3-4-9(8)14-12(19)15-10(11(17)18)6-1-2-6/h3-6,10H,1-2H2,(H,17,18)(H2,14,15,19). The van der Waals surface area contributed by atoms with E-state index >= 15 is 0 Å². The molecule has 0 bridgehead atoms. The highest BCUT2D eigenvalue weighted by atomic mass is 79.9. The summed E-state index contributed by atoms with van der Waals surface area (Å²) >= 11 is 3.12. The molecule has 1 aliphatic carbocycles. The number of rotatable bonds is 5. The van der Waals surface area contributed by atoms with Crippen LogP contribution in [0.2, 0.25) is 0 Å². The van der Waals surface area contributed by atoms with Crippen LogP contribution in [0, 0.1) is 16.0 Å². The average Bonchev–Trinajstić information content (AvgIpc) is 3.22. The van der Waals surface area contributed by atoms with Gasteiger partial charge in [0.2, 0.25) is 0 Å². The minimum Gasteiger partial charge on any atom is -0.480 e. The van der Waals surface area contributed by atoms with Gasteiger partial charge in [0.25, 0.3) is 5.69 Å². The zero-order valence-electron chi connectivity index (χ0n) is 10.7. The van der Waals surface area contributed by atoms with Gasteiger partial charge in [0.15, 0.2) is 0 Å². The molecule has 1 aromatic carbocycles. The lowest BCUT2D eigenvalue weighted by Gasteiger charge is -2.14. The Hall–Kier alpha value is -2.16. The van der Waals surface area contributed by atoms with Crippen LogP contribution >= 0.6 is 15.9 Å². The maximum atomic E-state index is 11.8. The summed E-state index contributed by atoms with van der Waals surface area (Å²) < 4.78 is 0.338. The third kappa shape index (κ3) is 3.91. The van der Waals surface area contributed by atoms with Gasteiger partial charge < -0.3 is 15.7 Å². The van der Waals surface area contributed by atoms with Crippen molar-refractivity contribution in [2.75, 3.05) is 5.32 Å². The Morgan fingerprint density at radius 1 is 1.43 bits per heavy atom. The number of carbonyl (C=O) groups excluding carboxylic acids is 1. The van der Waals surface area contributed by atoms with Crippen LogP contribution in [0.15, 0.2) is 22.7 Å². The number of nitro groups is 1. The van der Waals surface area contributed by atoms with Gasteiger partial charge in [0.1, 0.15) is 6.04 Å². The van der Waals surface area contributed by atoms with Gasteiger partial charge in [-0.05, 0) is 40.8 Å². The number of nitrogens with zero attached hydrogens (tertiary/aromatic N) is 1. The molecular formula is C12H12BrN3O5. The largest absolute Gasteiger partial charge is 0.480 e. The van der Waals surface area contributed by atoms with Crippen LogP contribution in [0.5, 0.6) is 0 Å². The van der Waals surface area contributed by atoms with E-state index in [2.05, 4.69) is 26.6 Å². The van der Waals surface area contributed by atoms with Crippen molar-refractivity contribution in [2.45, 2.75) is 18.9 Å². The van der Waals surface area contributed by atoms with E-state index in [1.165, 1.54) is 18.2 Å². The topological polar surface area (TPSA) is 122 Å². The van der Waals surface area contributed by atoms with Crippen molar-refractivity contribution in [3.8, 4) is 0 Å². The third-order valence-electron chi connectivity index (χ3n) is 3.06. The SMILES string of the molecule is O=C(Nc1ccc([N+](=O)[O-])cc1Br)NC(C(=O)O)C1CC1. The quantitative estimate of drug-likeness (QED) is 0.551. The first-order valence-electron chi connectivity index (χ1n) is 6.12. The lowest BCUT2D eigenvalue weighted by Crippen LogP contribution is -2.44. The summed E-state index contributed by atoms with van der Waals surface area (Å²) in [5.41, 5.74) is 0.201. The predicted molar refractivity (Wildman–Crippen MR) is 77.1 cm³/mol. The summed E-state index contributed by atoms with van der Waals surface area (Å²) in [6.07, 6.45) is 1.55. The Morgan fingerprint density at radius 2 is 2.10 bits per heavy atom. The molecule has 8 nitrogen and oxygen atoms in total. The highest BCUT2D eigenvalue weighted by Crippen LogP contribution is 2.33. The van der Waals surface area contributed by atoms with Gasteiger partial charge in [0, 0.05) is 16.6 Å². The fourth-order valence-electron chi connectivity index (χ4n) is 1.83. The van der Waals surface area contributed by atoms with Gasteiger partial charge in [-0.2, -0.15) is 0 Å². The van der Waals surface area contributed by atoms with Gasteiger partial charge in [-0.15, -0.1) is 0 Å². The van der Waals surface area contributed by atoms with Gasteiger partial charge in [-0.1, -0.05) is 0 Å². The molecule has 0 spiro atoms. The summed E-state index contributed by atoms with van der Waals surface area (Å²) in [6.45, 7) is 0. The van der Waals surface area contributed by atoms with E-state index in [1.807, 2.05) is 0 Å². The van der Waals surface area contributed by atoms with E-state index in [4.69, 9.17) is 5.11 Å². The van der Waals surface area contributed by atoms with Crippen LogP contribution in [0.1, 0.15) is 12.8 Å². The van der Waals surface area contributed by atoms with E-state index in [1.54, 1.807) is 0 Å². The monoisotopic (exact) mass is 357 g/mol. The minimum atomic E-state index is -1.07. The zero-order valence-corrected chi connectivity index (χ0v) is 12.3. The molecule has 0 radical (unpaired) electrons. The second-order valence-corrected chi connectivity index (χ2v) is 5.53. The van der Waals surface area contributed by atoms with Gasteiger partial charge in [-0.3, -0.25) is 10.1 Å². The number of nitrogens with one attached hydrogen (secondary N) is 2. The number of benzene rings is 1. The van der Waals surface area contributed by atoms with E-state index < -0.39 is 23.0 Å². The molecule has 1 aliphatic rings. The summed E-state index contributed by atoms with van der Waals surface area (Å²) in [4.78, 5) is 32.9. The maximum Gasteiger partial charge on any atom is 0.326 e. The van der Waals surface area contributed by atoms with Crippen molar-refractivity contribution in [2.24, 2.45) is 5.92 Å². The fraction of sp³-hybridized carbons (Fsp3) is 0.333. The van der Waals surface area contributed by atoms with E-state index in [0.29, 0.717) is 10.2 Å². The lowest BCUT2D eigenvalue weighted by atomic mass is 10.2. The predicted octanol–water partition coefficient (Wildman–Crippen LogP) is 2.34. The van der Waals surface area contributed by atoms with Gasteiger partial charge in [0.05, 0.1) is 10.6 Å². The molecule has 1 atom stereocenters. The van der Waals surface area contributed by atoms with Crippen LogP contribution < -0.4 is 10.6 Å². The number of non-ortho nitro benzene ring substituents is 1. The van der Waals surface area contributed by atoms with Crippen molar-refractivity contribution in [3.05, 3.63) is 32.8 Å². The molecule has 1 fully saturated rings. The lowest BCUT2D eigenvalue weighted by molar-refractivity contribution is -0.384. The molecule has 0 saturated heterocycles. The first kappa shape index (κ1) is 15.2. The summed E-state index contributed by atoms with van der Waals surface area (Å²) in [5.74, 6) is -1.11. The first-order chi connectivity index (χ1) is 9.88. The van der Waals surface area contributed by atoms with E-state index in [0.717, 1.165) is 12.8 Å². The second-order valence-electron chi connectivity index (χ2n) is 4.67. The number of carboxylic acids is 1. The Balaban J connectivity index is 2.02. The molecule has 2 amide bonds. The number of urea groups is 1. The van der Waals surface area contributed by atoms with Crippen LogP contribution in [0.3, 0.4) is 0 Å². The normalized spacial score (nSPS) is 15.1. The van der Waals surface area contributed by atoms with Crippen LogP contribution in [0.4, 0.5) is 16.2 Å². The molecule has 9 heteroatoms. The van der Waals surface area contributed by atoms with Crippen molar-refractivity contribution in [3.63, 3.8) is 0 Å². The number of nitro benzene ring substituents is 1. The smallest absolute Gasteiger partial charge is 0.326 e. The number of anilines is 1. The highest BCUT2D eigenvalue weighted by molar-refractivity contribution is 9.10. The number of carboxylic acid groups (broad SMARTS) is 1. The Bertz CT molecular complexity index is 603. The van der Waals surface area contributed by atoms with Crippen LogP contribution in [-0.4, -0.2) is 28.1 Å². The highest BCUT2D eigenvalue weighted by Gasteiger charge is 2.37. The fourth-order valence-corrected chi connectivity index (χ4v) is 2.30. The molecule has 2 rings (SSSR count). The van der Waals surface area contributed by atoms with Crippen molar-refractivity contribution >= 4 is 39.3 Å². The van der Waals surface area contributed by atoms with Gasteiger partial charge in [-0.25, -0.2) is 9.59 Å². The molecule has 0 aromatic heterocycles. The number of halogens is 1. The average molecular weight is 358 g/mol. The Morgan fingerprint density at radius 3 is 2.57 bits per heavy atom. The Labute approximate surface area is 127 Å². The van der Waals surface area contributed by atoms with E-state index in [-0.39, 0.29) is 11.6 Å². The maximum absolute atomic E-state index is 11.8. The number of hydrogen-bond acceptors (Lipinski definition) is 4. The Kier molecular flexibility index (Phi) is 4.41. The number of hydrogen-bond donors (Lipinski definition) is 3. The minimum absolute atomic E-state index is 0.0337. The molecule has 1 aromatic rings. The summed E-state index contributed by atoms with van der Waals surface area (Å²) in [7, 11) is 0. The molecule has 0 heterocycles. The zero-order chi connectivity index (χ0) is 15.6. The summed E-state index contributed by atoms with van der Waals surface area (Å²) in [5, 5.41) is 24.5. The number of carbonyl (C=O) groups is 2. The molecule has 1 saturated carbocycles. The summed E-state index contributed by atoms with van der Waals surface area (Å²) in [6, 6.07) is 2.29.